The van der Waals surface area contributed by atoms with E-state index in [0.29, 0.717) is 13.0 Å². The van der Waals surface area contributed by atoms with Crippen LogP contribution in [0.2, 0.25) is 0 Å². The van der Waals surface area contributed by atoms with Gasteiger partial charge in [-0.1, -0.05) is 6.07 Å². The third-order valence-electron chi connectivity index (χ3n) is 2.90. The molecule has 1 aliphatic rings. The van der Waals surface area contributed by atoms with Gasteiger partial charge in [0.1, 0.15) is 5.60 Å². The smallest absolute Gasteiger partial charge is 0.168 e. The summed E-state index contributed by atoms with van der Waals surface area (Å²) in [7, 11) is 0. The number of Topliss-reactive ketones (excluding diaryl/α,β-unsaturated/α-hetero) is 1. The van der Waals surface area contributed by atoms with E-state index in [0.717, 1.165) is 18.4 Å². The second-order valence-corrected chi connectivity index (χ2v) is 4.14. The van der Waals surface area contributed by atoms with Crippen molar-refractivity contribution in [1.82, 2.24) is 4.98 Å². The average Bonchev–Trinajstić information content (AvgIpc) is 2.68. The lowest BCUT2D eigenvalue weighted by molar-refractivity contribution is -0.136. The number of carbonyl (C=O) groups excluding carboxylic acids is 1. The van der Waals surface area contributed by atoms with Gasteiger partial charge >= 0.3 is 0 Å². The fourth-order valence-electron chi connectivity index (χ4n) is 1.87. The molecule has 1 atom stereocenters. The van der Waals surface area contributed by atoms with Gasteiger partial charge in [-0.15, -0.1) is 0 Å². The molecule has 1 fully saturated rings. The topological polar surface area (TPSA) is 39.2 Å². The summed E-state index contributed by atoms with van der Waals surface area (Å²) in [4.78, 5) is 16.0. The molecule has 3 heteroatoms. The normalized spacial score (nSPS) is 25.4. The largest absolute Gasteiger partial charge is 0.367 e. The first-order valence-corrected chi connectivity index (χ1v) is 5.27. The second-order valence-electron chi connectivity index (χ2n) is 4.14. The van der Waals surface area contributed by atoms with Crippen LogP contribution >= 0.6 is 0 Å². The van der Waals surface area contributed by atoms with Gasteiger partial charge in [0.15, 0.2) is 5.78 Å². The quantitative estimate of drug-likeness (QED) is 0.754. The highest BCUT2D eigenvalue weighted by molar-refractivity contribution is 5.89. The summed E-state index contributed by atoms with van der Waals surface area (Å²) in [5.41, 5.74) is 0.398. The molecule has 0 N–H and O–H groups in total. The Morgan fingerprint density at radius 1 is 1.67 bits per heavy atom. The van der Waals surface area contributed by atoms with Gasteiger partial charge in [0.25, 0.3) is 0 Å². The minimum Gasteiger partial charge on any atom is -0.367 e. The minimum atomic E-state index is -0.560. The van der Waals surface area contributed by atoms with Crippen molar-refractivity contribution in [3.63, 3.8) is 0 Å². The van der Waals surface area contributed by atoms with Gasteiger partial charge in [-0.2, -0.15) is 0 Å². The van der Waals surface area contributed by atoms with Crippen LogP contribution in [0.4, 0.5) is 0 Å². The van der Waals surface area contributed by atoms with Crippen LogP contribution in [0.3, 0.4) is 0 Å². The molecule has 1 unspecified atom stereocenters. The van der Waals surface area contributed by atoms with E-state index in [1.807, 2.05) is 19.1 Å². The number of rotatable bonds is 3. The Morgan fingerprint density at radius 2 is 2.53 bits per heavy atom. The van der Waals surface area contributed by atoms with Crippen LogP contribution < -0.4 is 0 Å². The summed E-state index contributed by atoms with van der Waals surface area (Å²) in [5, 5.41) is 0. The number of aromatic nitrogens is 1. The maximum Gasteiger partial charge on any atom is 0.168 e. The Hall–Kier alpha value is -1.22. The van der Waals surface area contributed by atoms with Crippen LogP contribution in [0.15, 0.2) is 24.5 Å². The van der Waals surface area contributed by atoms with Gasteiger partial charge in [-0.25, -0.2) is 0 Å². The third-order valence-corrected chi connectivity index (χ3v) is 2.90. The van der Waals surface area contributed by atoms with Crippen molar-refractivity contribution in [1.29, 1.82) is 0 Å². The summed E-state index contributed by atoms with van der Waals surface area (Å²) in [5.74, 6) is 0.160. The standard InChI is InChI=1S/C12H15NO2/c1-12(5-3-7-15-12)11(14)8-10-4-2-6-13-9-10/h2,4,6,9H,3,5,7-8H2,1H3. The Kier molecular flexibility index (Phi) is 2.82. The molecule has 0 spiro atoms. The van der Waals surface area contributed by atoms with Gasteiger partial charge in [0, 0.05) is 25.4 Å². The van der Waals surface area contributed by atoms with Crippen LogP contribution in [0.25, 0.3) is 0 Å². The molecule has 3 nitrogen and oxygen atoms in total. The average molecular weight is 205 g/mol. The molecule has 15 heavy (non-hydrogen) atoms. The van der Waals surface area contributed by atoms with Crippen LogP contribution in [0.1, 0.15) is 25.3 Å². The Morgan fingerprint density at radius 3 is 3.13 bits per heavy atom. The summed E-state index contributed by atoms with van der Waals surface area (Å²) in [6.45, 7) is 2.59. The van der Waals surface area contributed by atoms with Crippen molar-refractivity contribution >= 4 is 5.78 Å². The summed E-state index contributed by atoms with van der Waals surface area (Å²) in [6, 6.07) is 3.77. The molecule has 1 saturated heterocycles. The summed E-state index contributed by atoms with van der Waals surface area (Å²) >= 11 is 0. The molecule has 1 aliphatic heterocycles. The molecule has 0 aromatic carbocycles. The monoisotopic (exact) mass is 205 g/mol. The van der Waals surface area contributed by atoms with Crippen LogP contribution in [0, 0.1) is 0 Å². The summed E-state index contributed by atoms with van der Waals surface area (Å²) in [6.07, 6.45) is 5.68. The van der Waals surface area contributed by atoms with Crippen molar-refractivity contribution in [2.75, 3.05) is 6.61 Å². The van der Waals surface area contributed by atoms with Crippen LogP contribution in [0.5, 0.6) is 0 Å². The zero-order chi connectivity index (χ0) is 10.7. The second kappa shape index (κ2) is 4.11. The van der Waals surface area contributed by atoms with E-state index in [1.165, 1.54) is 0 Å². The molecule has 2 rings (SSSR count). The van der Waals surface area contributed by atoms with Gasteiger partial charge in [-0.05, 0) is 31.4 Å². The van der Waals surface area contributed by atoms with E-state index < -0.39 is 5.60 Å². The molecule has 80 valence electrons. The first-order valence-electron chi connectivity index (χ1n) is 5.27. The van der Waals surface area contributed by atoms with Crippen molar-refractivity contribution in [3.8, 4) is 0 Å². The van der Waals surface area contributed by atoms with E-state index in [-0.39, 0.29) is 5.78 Å². The maximum absolute atomic E-state index is 12.0. The van der Waals surface area contributed by atoms with E-state index in [2.05, 4.69) is 4.98 Å². The fourth-order valence-corrected chi connectivity index (χ4v) is 1.87. The molecule has 1 aromatic rings. The minimum absolute atomic E-state index is 0.160. The predicted octanol–water partition coefficient (Wildman–Crippen LogP) is 1.76. The lowest BCUT2D eigenvalue weighted by atomic mass is 9.93. The number of carbonyl (C=O) groups is 1. The number of hydrogen-bond donors (Lipinski definition) is 0. The summed E-state index contributed by atoms with van der Waals surface area (Å²) < 4.78 is 5.50. The molecule has 0 amide bonds. The maximum atomic E-state index is 12.0. The Bertz CT molecular complexity index is 342. The number of hydrogen-bond acceptors (Lipinski definition) is 3. The fraction of sp³-hybridized carbons (Fsp3) is 0.500. The van der Waals surface area contributed by atoms with Gasteiger partial charge in [0.2, 0.25) is 0 Å². The van der Waals surface area contributed by atoms with Gasteiger partial charge < -0.3 is 4.74 Å². The first-order chi connectivity index (χ1) is 7.21. The third kappa shape index (κ3) is 2.23. The SMILES string of the molecule is CC1(C(=O)Cc2cccnc2)CCCO1. The van der Waals surface area contributed by atoms with Crippen molar-refractivity contribution in [3.05, 3.63) is 30.1 Å². The van der Waals surface area contributed by atoms with Crippen molar-refractivity contribution < 1.29 is 9.53 Å². The Balaban J connectivity index is 2.04. The molecule has 1 aromatic heterocycles. The molecular weight excluding hydrogens is 190 g/mol. The highest BCUT2D eigenvalue weighted by Crippen LogP contribution is 2.27. The van der Waals surface area contributed by atoms with E-state index >= 15 is 0 Å². The molecule has 0 radical (unpaired) electrons. The molecule has 2 heterocycles. The highest BCUT2D eigenvalue weighted by Gasteiger charge is 2.36. The van der Waals surface area contributed by atoms with Crippen molar-refractivity contribution in [2.24, 2.45) is 0 Å². The number of nitrogens with zero attached hydrogens (tertiary/aromatic N) is 1. The van der Waals surface area contributed by atoms with Gasteiger partial charge in [-0.3, -0.25) is 9.78 Å². The van der Waals surface area contributed by atoms with Crippen LogP contribution in [-0.4, -0.2) is 23.0 Å². The molecular formula is C12H15NO2. The molecule has 0 aliphatic carbocycles. The zero-order valence-electron chi connectivity index (χ0n) is 8.90. The van der Waals surface area contributed by atoms with E-state index in [9.17, 15) is 4.79 Å². The number of ether oxygens (including phenoxy) is 1. The Labute approximate surface area is 89.5 Å². The predicted molar refractivity (Wildman–Crippen MR) is 56.5 cm³/mol. The number of pyridine rings is 1. The highest BCUT2D eigenvalue weighted by atomic mass is 16.5. The lowest BCUT2D eigenvalue weighted by Crippen LogP contribution is -2.35. The lowest BCUT2D eigenvalue weighted by Gasteiger charge is -2.21. The number of ketones is 1. The van der Waals surface area contributed by atoms with Crippen LogP contribution in [-0.2, 0) is 16.0 Å². The first kappa shape index (κ1) is 10.3. The zero-order valence-corrected chi connectivity index (χ0v) is 8.90. The van der Waals surface area contributed by atoms with E-state index in [1.54, 1.807) is 12.4 Å². The van der Waals surface area contributed by atoms with E-state index in [4.69, 9.17) is 4.74 Å². The molecule has 0 bridgehead atoms. The van der Waals surface area contributed by atoms with Gasteiger partial charge in [0.05, 0.1) is 0 Å². The molecule has 0 saturated carbocycles. The van der Waals surface area contributed by atoms with Crippen molar-refractivity contribution in [2.45, 2.75) is 31.8 Å².